The summed E-state index contributed by atoms with van der Waals surface area (Å²) in [5, 5.41) is 8.42. The van der Waals surface area contributed by atoms with Crippen LogP contribution in [0.3, 0.4) is 0 Å². The molecule has 0 fully saturated rings. The molecule has 0 bridgehead atoms. The number of hydrogen-bond donors (Lipinski definition) is 1. The van der Waals surface area contributed by atoms with Crippen molar-refractivity contribution in [2.24, 2.45) is 0 Å². The van der Waals surface area contributed by atoms with E-state index in [1.165, 1.54) is 4.90 Å². The zero-order valence-corrected chi connectivity index (χ0v) is 18.6. The molecule has 9 nitrogen and oxygen atoms in total. The van der Waals surface area contributed by atoms with Crippen LogP contribution in [0.2, 0.25) is 0 Å². The van der Waals surface area contributed by atoms with Crippen LogP contribution < -0.4 is 5.56 Å². The van der Waals surface area contributed by atoms with Crippen LogP contribution in [0.15, 0.2) is 71.8 Å². The van der Waals surface area contributed by atoms with Gasteiger partial charge in [-0.3, -0.25) is 28.9 Å². The number of aromatic nitrogens is 5. The van der Waals surface area contributed by atoms with Crippen molar-refractivity contribution in [3.63, 3.8) is 0 Å². The molecular weight excluding hydrogens is 444 g/mol. The van der Waals surface area contributed by atoms with E-state index in [2.05, 4.69) is 20.2 Å². The minimum absolute atomic E-state index is 0.123. The molecule has 1 N–H and O–H groups in total. The van der Waals surface area contributed by atoms with Gasteiger partial charge in [0.1, 0.15) is 5.82 Å². The van der Waals surface area contributed by atoms with E-state index < -0.39 is 0 Å². The van der Waals surface area contributed by atoms with Gasteiger partial charge in [0, 0.05) is 31.1 Å². The number of nitrogens with one attached hydrogen (secondary N) is 1. The van der Waals surface area contributed by atoms with E-state index in [1.54, 1.807) is 53.4 Å². The van der Waals surface area contributed by atoms with Crippen LogP contribution >= 0.6 is 0 Å². The number of aryl methyl sites for hydroxylation is 1. The molecule has 9 heteroatoms. The highest BCUT2D eigenvalue weighted by molar-refractivity contribution is 6.21. The minimum Gasteiger partial charge on any atom is -0.296 e. The van der Waals surface area contributed by atoms with E-state index in [9.17, 15) is 14.4 Å². The van der Waals surface area contributed by atoms with E-state index in [1.807, 2.05) is 18.2 Å². The monoisotopic (exact) mass is 464 g/mol. The van der Waals surface area contributed by atoms with Crippen molar-refractivity contribution in [2.75, 3.05) is 6.54 Å². The van der Waals surface area contributed by atoms with Crippen molar-refractivity contribution >= 4 is 33.8 Å². The molecule has 5 aromatic rings. The Kier molecular flexibility index (Phi) is 4.95. The van der Waals surface area contributed by atoms with Gasteiger partial charge in [-0.1, -0.05) is 18.2 Å². The molecule has 2 amide bonds. The number of H-pyrrole nitrogens is 1. The number of pyridine rings is 1. The average Bonchev–Trinajstić information content (AvgIpc) is 3.45. The van der Waals surface area contributed by atoms with Gasteiger partial charge in [-0.15, -0.1) is 0 Å². The molecule has 0 unspecified atom stereocenters. The predicted molar refractivity (Wildman–Crippen MR) is 129 cm³/mol. The van der Waals surface area contributed by atoms with Crippen molar-refractivity contribution < 1.29 is 9.59 Å². The highest BCUT2D eigenvalue weighted by Gasteiger charge is 2.34. The summed E-state index contributed by atoms with van der Waals surface area (Å²) in [6.07, 6.45) is 4.21. The summed E-state index contributed by atoms with van der Waals surface area (Å²) >= 11 is 0. The highest BCUT2D eigenvalue weighted by Crippen LogP contribution is 2.22. The fourth-order valence-corrected chi connectivity index (χ4v) is 4.56. The molecule has 2 aromatic carbocycles. The first-order chi connectivity index (χ1) is 17.1. The van der Waals surface area contributed by atoms with Crippen LogP contribution in [0.25, 0.3) is 21.9 Å². The number of benzene rings is 2. The quantitative estimate of drug-likeness (QED) is 0.387. The maximum Gasteiger partial charge on any atom is 0.263 e. The summed E-state index contributed by atoms with van der Waals surface area (Å²) in [4.78, 5) is 49.0. The van der Waals surface area contributed by atoms with Crippen LogP contribution in [0, 0.1) is 0 Å². The van der Waals surface area contributed by atoms with E-state index in [0.717, 1.165) is 16.5 Å². The maximum absolute atomic E-state index is 13.4. The van der Waals surface area contributed by atoms with Gasteiger partial charge in [0.15, 0.2) is 5.65 Å². The topological polar surface area (TPSA) is 114 Å². The molecule has 4 heterocycles. The Hall–Kier alpha value is -4.66. The maximum atomic E-state index is 13.4. The molecule has 0 atom stereocenters. The Morgan fingerprint density at radius 1 is 0.857 bits per heavy atom. The van der Waals surface area contributed by atoms with Gasteiger partial charge in [0.05, 0.1) is 28.2 Å². The molecule has 0 saturated heterocycles. The largest absolute Gasteiger partial charge is 0.296 e. The summed E-state index contributed by atoms with van der Waals surface area (Å²) in [5.41, 5.74) is 2.97. The summed E-state index contributed by atoms with van der Waals surface area (Å²) in [5.74, 6) is -0.166. The summed E-state index contributed by atoms with van der Waals surface area (Å²) in [6.45, 7) is 0.523. The molecule has 35 heavy (non-hydrogen) atoms. The zero-order chi connectivity index (χ0) is 23.9. The molecule has 0 spiro atoms. The van der Waals surface area contributed by atoms with E-state index in [4.69, 9.17) is 0 Å². The highest BCUT2D eigenvalue weighted by atomic mass is 16.2. The lowest BCUT2D eigenvalue weighted by Crippen LogP contribution is -2.34. The third-order valence-corrected chi connectivity index (χ3v) is 6.37. The van der Waals surface area contributed by atoms with Gasteiger partial charge in [-0.05, 0) is 48.4 Å². The summed E-state index contributed by atoms with van der Waals surface area (Å²) < 4.78 is 1.63. The number of rotatable bonds is 6. The fourth-order valence-electron chi connectivity index (χ4n) is 4.56. The molecular formula is C26H20N6O3. The zero-order valence-electron chi connectivity index (χ0n) is 18.6. The SMILES string of the molecule is O=C1c2ccccc2C(=O)N1CCc1nc2ncccc2c(=O)n1CCc1ccc2[nH]ncc2c1. The van der Waals surface area contributed by atoms with Crippen molar-refractivity contribution in [3.8, 4) is 0 Å². The van der Waals surface area contributed by atoms with Crippen LogP contribution in [-0.4, -0.2) is 48.0 Å². The first-order valence-electron chi connectivity index (χ1n) is 11.3. The Morgan fingerprint density at radius 2 is 1.66 bits per heavy atom. The Bertz CT molecular complexity index is 1650. The third-order valence-electron chi connectivity index (χ3n) is 6.37. The first kappa shape index (κ1) is 20.9. The second-order valence-electron chi connectivity index (χ2n) is 8.46. The molecule has 1 aliphatic heterocycles. The van der Waals surface area contributed by atoms with Gasteiger partial charge in [0.2, 0.25) is 0 Å². The number of aromatic amines is 1. The lowest BCUT2D eigenvalue weighted by molar-refractivity contribution is 0.0655. The lowest BCUT2D eigenvalue weighted by atomic mass is 10.1. The van der Waals surface area contributed by atoms with Crippen LogP contribution in [0.5, 0.6) is 0 Å². The Morgan fingerprint density at radius 3 is 2.46 bits per heavy atom. The van der Waals surface area contributed by atoms with E-state index >= 15 is 0 Å². The number of carbonyl (C=O) groups is 2. The molecule has 1 aliphatic rings. The first-order valence-corrected chi connectivity index (χ1v) is 11.3. The molecule has 3 aromatic heterocycles. The second-order valence-corrected chi connectivity index (χ2v) is 8.46. The van der Waals surface area contributed by atoms with Crippen molar-refractivity contribution in [3.05, 3.63) is 99.9 Å². The number of amides is 2. The van der Waals surface area contributed by atoms with Crippen molar-refractivity contribution in [1.82, 2.24) is 29.6 Å². The van der Waals surface area contributed by atoms with Crippen LogP contribution in [0.1, 0.15) is 32.1 Å². The molecule has 6 rings (SSSR count). The standard InChI is InChI=1S/C26H20N6O3/c33-24-18-4-1-2-5-19(18)25(34)32(24)13-10-22-29-23-20(6-3-11-27-23)26(35)31(22)12-9-16-7-8-21-17(14-16)15-28-30-21/h1-8,11,14-15H,9-10,12-13H2,(H,28,30). The number of nitrogens with zero attached hydrogens (tertiary/aromatic N) is 5. The third kappa shape index (κ3) is 3.57. The Labute approximate surface area is 199 Å². The van der Waals surface area contributed by atoms with Gasteiger partial charge >= 0.3 is 0 Å². The smallest absolute Gasteiger partial charge is 0.263 e. The van der Waals surface area contributed by atoms with E-state index in [0.29, 0.717) is 41.0 Å². The summed E-state index contributed by atoms with van der Waals surface area (Å²) in [7, 11) is 0. The van der Waals surface area contributed by atoms with Gasteiger partial charge in [-0.2, -0.15) is 5.10 Å². The number of fused-ring (bicyclic) bond motifs is 3. The number of imide groups is 1. The second kappa shape index (κ2) is 8.28. The van der Waals surface area contributed by atoms with Crippen LogP contribution in [-0.2, 0) is 19.4 Å². The number of hydrogen-bond acceptors (Lipinski definition) is 6. The summed E-state index contributed by atoms with van der Waals surface area (Å²) in [6, 6.07) is 16.2. The molecule has 0 radical (unpaired) electrons. The molecule has 0 aliphatic carbocycles. The average molecular weight is 464 g/mol. The minimum atomic E-state index is -0.327. The van der Waals surface area contributed by atoms with Crippen LogP contribution in [0.4, 0.5) is 0 Å². The van der Waals surface area contributed by atoms with Gasteiger partial charge in [0.25, 0.3) is 17.4 Å². The normalized spacial score (nSPS) is 13.2. The Balaban J connectivity index is 1.31. The molecule has 0 saturated carbocycles. The van der Waals surface area contributed by atoms with E-state index in [-0.39, 0.29) is 30.3 Å². The molecule has 172 valence electrons. The van der Waals surface area contributed by atoms with Gasteiger partial charge in [-0.25, -0.2) is 9.97 Å². The number of carbonyl (C=O) groups excluding carboxylic acids is 2. The lowest BCUT2D eigenvalue weighted by Gasteiger charge is -2.17. The van der Waals surface area contributed by atoms with Crippen molar-refractivity contribution in [1.29, 1.82) is 0 Å². The fraction of sp³-hybridized carbons (Fsp3) is 0.154. The van der Waals surface area contributed by atoms with Gasteiger partial charge < -0.3 is 0 Å². The van der Waals surface area contributed by atoms with Crippen molar-refractivity contribution in [2.45, 2.75) is 19.4 Å². The predicted octanol–water partition coefficient (Wildman–Crippen LogP) is 2.75.